The van der Waals surface area contributed by atoms with Gasteiger partial charge in [-0.05, 0) is 0 Å². The summed E-state index contributed by atoms with van der Waals surface area (Å²) in [6, 6.07) is 0. The topological polar surface area (TPSA) is 125 Å². The Hall–Kier alpha value is -1.64. The molecule has 4 N–H and O–H groups in total. The Labute approximate surface area is 94.7 Å². The summed E-state index contributed by atoms with van der Waals surface area (Å²) in [4.78, 5) is 24.3. The van der Waals surface area contributed by atoms with Crippen molar-refractivity contribution in [3.8, 4) is 5.75 Å². The first-order valence-electron chi connectivity index (χ1n) is 5.01. The lowest BCUT2D eigenvalue weighted by Crippen LogP contribution is -2.32. The maximum atomic E-state index is 11.5. The summed E-state index contributed by atoms with van der Waals surface area (Å²) in [6.07, 6.45) is -1.46. The van der Waals surface area contributed by atoms with E-state index in [9.17, 15) is 19.8 Å². The standard InChI is InChI=1S/C9H12N2O6/c12-3-6-4(13)1-7(17-6)11-2-5(14)8(15)10-9(11)16/h2,4,6-7,12-14H,1,3H2,(H,10,15,16)/t4-,6+,7+/m0/s1. The number of nitrogens with zero attached hydrogens (tertiary/aromatic N) is 1. The van der Waals surface area contributed by atoms with E-state index in [0.717, 1.165) is 10.8 Å². The molecule has 0 bridgehead atoms. The maximum Gasteiger partial charge on any atom is 0.330 e. The number of H-pyrrole nitrogens is 1. The maximum absolute atomic E-state index is 11.5. The third-order valence-electron chi connectivity index (χ3n) is 2.64. The number of ether oxygens (including phenoxy) is 1. The molecule has 0 radical (unpaired) electrons. The summed E-state index contributed by atoms with van der Waals surface area (Å²) in [6.45, 7) is -0.373. The second-order valence-electron chi connectivity index (χ2n) is 3.80. The largest absolute Gasteiger partial charge is 0.502 e. The van der Waals surface area contributed by atoms with Crippen LogP contribution in [0.4, 0.5) is 0 Å². The van der Waals surface area contributed by atoms with Crippen LogP contribution in [0.15, 0.2) is 15.8 Å². The second kappa shape index (κ2) is 4.32. The summed E-state index contributed by atoms with van der Waals surface area (Å²) >= 11 is 0. The molecule has 1 aromatic heterocycles. The molecule has 8 nitrogen and oxygen atoms in total. The fraction of sp³-hybridized carbons (Fsp3) is 0.556. The zero-order chi connectivity index (χ0) is 12.6. The number of hydrogen-bond donors (Lipinski definition) is 4. The van der Waals surface area contributed by atoms with E-state index >= 15 is 0 Å². The smallest absolute Gasteiger partial charge is 0.330 e. The van der Waals surface area contributed by atoms with Gasteiger partial charge in [0.15, 0.2) is 5.75 Å². The zero-order valence-corrected chi connectivity index (χ0v) is 8.74. The molecule has 17 heavy (non-hydrogen) atoms. The van der Waals surface area contributed by atoms with E-state index in [-0.39, 0.29) is 13.0 Å². The van der Waals surface area contributed by atoms with E-state index in [1.807, 2.05) is 4.98 Å². The molecule has 1 aliphatic rings. The van der Waals surface area contributed by atoms with Crippen LogP contribution < -0.4 is 11.2 Å². The summed E-state index contributed by atoms with van der Waals surface area (Å²) in [5.41, 5.74) is -1.63. The van der Waals surface area contributed by atoms with E-state index in [1.54, 1.807) is 0 Å². The van der Waals surface area contributed by atoms with Crippen LogP contribution in [0.2, 0.25) is 0 Å². The number of aromatic hydroxyl groups is 1. The highest BCUT2D eigenvalue weighted by molar-refractivity contribution is 5.09. The third kappa shape index (κ3) is 2.09. The number of nitrogens with one attached hydrogen (secondary N) is 1. The number of hydrogen-bond acceptors (Lipinski definition) is 6. The number of aliphatic hydroxyl groups is 2. The van der Waals surface area contributed by atoms with Gasteiger partial charge in [-0.1, -0.05) is 0 Å². The lowest BCUT2D eigenvalue weighted by molar-refractivity contribution is -0.0460. The molecule has 0 unspecified atom stereocenters. The first-order chi connectivity index (χ1) is 8.02. The van der Waals surface area contributed by atoms with Crippen molar-refractivity contribution in [2.45, 2.75) is 24.9 Å². The summed E-state index contributed by atoms with van der Waals surface area (Å²) in [7, 11) is 0. The highest BCUT2D eigenvalue weighted by Crippen LogP contribution is 2.27. The number of aliphatic hydroxyl groups excluding tert-OH is 2. The Kier molecular flexibility index (Phi) is 3.01. The normalized spacial score (nSPS) is 28.5. The van der Waals surface area contributed by atoms with Crippen LogP contribution in [0.1, 0.15) is 12.6 Å². The molecule has 0 aromatic carbocycles. The van der Waals surface area contributed by atoms with Crippen LogP contribution in [-0.2, 0) is 4.74 Å². The first-order valence-corrected chi connectivity index (χ1v) is 5.01. The van der Waals surface area contributed by atoms with E-state index in [1.165, 1.54) is 0 Å². The van der Waals surface area contributed by atoms with Gasteiger partial charge in [0.2, 0.25) is 0 Å². The molecule has 3 atom stereocenters. The second-order valence-corrected chi connectivity index (χ2v) is 3.80. The van der Waals surface area contributed by atoms with Crippen LogP contribution in [0.25, 0.3) is 0 Å². The Bertz CT molecular complexity index is 521. The lowest BCUT2D eigenvalue weighted by Gasteiger charge is -2.14. The van der Waals surface area contributed by atoms with Crippen molar-refractivity contribution in [3.63, 3.8) is 0 Å². The van der Waals surface area contributed by atoms with E-state index in [2.05, 4.69) is 0 Å². The van der Waals surface area contributed by atoms with Crippen LogP contribution in [0.5, 0.6) is 5.75 Å². The van der Waals surface area contributed by atoms with Crippen LogP contribution in [0.3, 0.4) is 0 Å². The number of aromatic nitrogens is 2. The third-order valence-corrected chi connectivity index (χ3v) is 2.64. The van der Waals surface area contributed by atoms with Gasteiger partial charge in [0, 0.05) is 6.42 Å². The minimum atomic E-state index is -0.897. The molecule has 0 amide bonds. The van der Waals surface area contributed by atoms with Gasteiger partial charge in [0.25, 0.3) is 5.56 Å². The van der Waals surface area contributed by atoms with Crippen molar-refractivity contribution in [2.24, 2.45) is 0 Å². The molecule has 2 rings (SSSR count). The molecule has 2 heterocycles. The number of rotatable bonds is 2. The quantitative estimate of drug-likeness (QED) is 0.471. The molecule has 8 heteroatoms. The first kappa shape index (κ1) is 11.8. The van der Waals surface area contributed by atoms with Crippen molar-refractivity contribution in [3.05, 3.63) is 27.0 Å². The SMILES string of the molecule is O=c1[nH]c(=O)n([C@H]2C[C@H](O)[C@@H](CO)O2)cc1O. The summed E-state index contributed by atoms with van der Waals surface area (Å²) < 4.78 is 6.18. The van der Waals surface area contributed by atoms with E-state index in [0.29, 0.717) is 0 Å². The van der Waals surface area contributed by atoms with Gasteiger partial charge in [0.1, 0.15) is 12.3 Å². The Balaban J connectivity index is 2.34. The molecule has 1 saturated heterocycles. The van der Waals surface area contributed by atoms with Crippen molar-refractivity contribution >= 4 is 0 Å². The van der Waals surface area contributed by atoms with Crippen LogP contribution in [0, 0.1) is 0 Å². The summed E-state index contributed by atoms with van der Waals surface area (Å²) in [5.74, 6) is -0.616. The predicted molar refractivity (Wildman–Crippen MR) is 54.6 cm³/mol. The zero-order valence-electron chi connectivity index (χ0n) is 8.74. The average Bonchev–Trinajstić information content (AvgIpc) is 2.65. The average molecular weight is 244 g/mol. The van der Waals surface area contributed by atoms with Crippen molar-refractivity contribution in [1.82, 2.24) is 9.55 Å². The molecule has 0 aliphatic carbocycles. The highest BCUT2D eigenvalue weighted by Gasteiger charge is 2.35. The van der Waals surface area contributed by atoms with E-state index in [4.69, 9.17) is 9.84 Å². The molecule has 0 saturated carbocycles. The number of aromatic amines is 1. The van der Waals surface area contributed by atoms with Crippen molar-refractivity contribution < 1.29 is 20.1 Å². The monoisotopic (exact) mass is 244 g/mol. The predicted octanol–water partition coefficient (Wildman–Crippen LogP) is -2.12. The Morgan fingerprint density at radius 1 is 1.53 bits per heavy atom. The van der Waals surface area contributed by atoms with Gasteiger partial charge in [0.05, 0.1) is 18.9 Å². The van der Waals surface area contributed by atoms with Crippen molar-refractivity contribution in [2.75, 3.05) is 6.61 Å². The summed E-state index contributed by atoms with van der Waals surface area (Å²) in [5, 5.41) is 27.6. The van der Waals surface area contributed by atoms with Gasteiger partial charge in [-0.15, -0.1) is 0 Å². The molecule has 1 fully saturated rings. The molecular formula is C9H12N2O6. The minimum Gasteiger partial charge on any atom is -0.502 e. The van der Waals surface area contributed by atoms with Crippen LogP contribution in [-0.4, -0.2) is 43.7 Å². The van der Waals surface area contributed by atoms with Gasteiger partial charge < -0.3 is 20.1 Å². The Morgan fingerprint density at radius 2 is 2.24 bits per heavy atom. The van der Waals surface area contributed by atoms with E-state index < -0.39 is 35.4 Å². The van der Waals surface area contributed by atoms with Gasteiger partial charge in [-0.25, -0.2) is 4.79 Å². The van der Waals surface area contributed by atoms with Gasteiger partial charge in [-0.3, -0.25) is 14.3 Å². The molecule has 1 aliphatic heterocycles. The van der Waals surface area contributed by atoms with Crippen molar-refractivity contribution in [1.29, 1.82) is 0 Å². The molecular weight excluding hydrogens is 232 g/mol. The molecule has 0 spiro atoms. The fourth-order valence-electron chi connectivity index (χ4n) is 1.74. The Morgan fingerprint density at radius 3 is 2.82 bits per heavy atom. The highest BCUT2D eigenvalue weighted by atomic mass is 16.5. The van der Waals surface area contributed by atoms with Gasteiger partial charge in [-0.2, -0.15) is 0 Å². The van der Waals surface area contributed by atoms with Crippen LogP contribution >= 0.6 is 0 Å². The van der Waals surface area contributed by atoms with Gasteiger partial charge >= 0.3 is 5.69 Å². The minimum absolute atomic E-state index is 0.0939. The lowest BCUT2D eigenvalue weighted by atomic mass is 10.2. The molecule has 1 aromatic rings. The fourth-order valence-corrected chi connectivity index (χ4v) is 1.74. The molecule has 94 valence electrons.